The Morgan fingerprint density at radius 2 is 1.90 bits per heavy atom. The molecule has 0 N–H and O–H groups in total. The van der Waals surface area contributed by atoms with Crippen LogP contribution in [0, 0.1) is 34.5 Å². The van der Waals surface area contributed by atoms with Gasteiger partial charge in [-0.3, -0.25) is 4.79 Å². The quantitative estimate of drug-likeness (QED) is 0.631. The van der Waals surface area contributed by atoms with Crippen LogP contribution in [-0.4, -0.2) is 18.0 Å². The highest BCUT2D eigenvalue weighted by atomic mass is 16.6. The molecule has 0 aromatic heterocycles. The molecule has 1 heterocycles. The second-order valence-electron chi connectivity index (χ2n) is 9.23. The van der Waals surface area contributed by atoms with E-state index in [9.17, 15) is 4.79 Å². The summed E-state index contributed by atoms with van der Waals surface area (Å²) in [5.74, 6) is 3.85. The van der Waals surface area contributed by atoms with Crippen LogP contribution in [0.25, 0.3) is 0 Å². The number of hydrogen-bond acceptors (Lipinski definition) is 2. The first-order valence-electron chi connectivity index (χ1n) is 9.21. The van der Waals surface area contributed by atoms with Crippen LogP contribution in [0.15, 0.2) is 0 Å². The van der Waals surface area contributed by atoms with E-state index in [0.29, 0.717) is 29.3 Å². The van der Waals surface area contributed by atoms with E-state index in [0.717, 1.165) is 30.6 Å². The second kappa shape index (κ2) is 3.93. The van der Waals surface area contributed by atoms with Crippen molar-refractivity contribution in [2.24, 2.45) is 34.5 Å². The number of carbonyl (C=O) groups is 1. The van der Waals surface area contributed by atoms with Gasteiger partial charge in [-0.2, -0.15) is 0 Å². The Morgan fingerprint density at radius 3 is 2.76 bits per heavy atom. The fourth-order valence-electron chi connectivity index (χ4n) is 7.29. The second-order valence-corrected chi connectivity index (χ2v) is 9.23. The summed E-state index contributed by atoms with van der Waals surface area (Å²) in [5, 5.41) is 0. The Labute approximate surface area is 128 Å². The molecular weight excluding hydrogens is 260 g/mol. The van der Waals surface area contributed by atoms with Crippen LogP contribution in [0.2, 0.25) is 0 Å². The van der Waals surface area contributed by atoms with Crippen LogP contribution in [0.1, 0.15) is 65.2 Å². The van der Waals surface area contributed by atoms with Crippen LogP contribution in [0.4, 0.5) is 0 Å². The number of fused-ring (bicyclic) bond motifs is 6. The van der Waals surface area contributed by atoms with Crippen LogP contribution < -0.4 is 0 Å². The summed E-state index contributed by atoms with van der Waals surface area (Å²) in [5.41, 5.74) is 0.547. The largest absolute Gasteiger partial charge is 0.370 e. The predicted octanol–water partition coefficient (Wildman–Crippen LogP) is 3.98. The molecule has 0 amide bonds. The molecule has 0 radical (unpaired) electrons. The normalized spacial score (nSPS) is 61.5. The number of ether oxygens (including phenoxy) is 1. The lowest BCUT2D eigenvalue weighted by Crippen LogP contribution is -2.53. The Morgan fingerprint density at radius 1 is 1.05 bits per heavy atom. The molecule has 5 fully saturated rings. The zero-order chi connectivity index (χ0) is 14.4. The van der Waals surface area contributed by atoms with Crippen molar-refractivity contribution in [2.45, 2.75) is 77.4 Å². The summed E-state index contributed by atoms with van der Waals surface area (Å²) >= 11 is 0. The fraction of sp³-hybridized carbons (Fsp3) is 0.947. The van der Waals surface area contributed by atoms with Crippen LogP contribution in [-0.2, 0) is 9.53 Å². The molecule has 1 saturated heterocycles. The van der Waals surface area contributed by atoms with Gasteiger partial charge < -0.3 is 4.74 Å². The van der Waals surface area contributed by atoms with Gasteiger partial charge in [-0.25, -0.2) is 0 Å². The highest BCUT2D eigenvalue weighted by Gasteiger charge is 2.63. The Balaban J connectivity index is 1.49. The fourth-order valence-corrected chi connectivity index (χ4v) is 7.29. The first-order valence-corrected chi connectivity index (χ1v) is 9.21. The van der Waals surface area contributed by atoms with E-state index in [2.05, 4.69) is 13.8 Å². The van der Waals surface area contributed by atoms with Gasteiger partial charge in [0.2, 0.25) is 0 Å². The van der Waals surface area contributed by atoms with E-state index in [1.165, 1.54) is 38.5 Å². The summed E-state index contributed by atoms with van der Waals surface area (Å²) in [6, 6.07) is 0. The molecule has 0 bridgehead atoms. The zero-order valence-corrected chi connectivity index (χ0v) is 13.4. The molecule has 0 aromatic carbocycles. The molecule has 4 aliphatic carbocycles. The summed E-state index contributed by atoms with van der Waals surface area (Å²) in [6.07, 6.45) is 11.1. The van der Waals surface area contributed by atoms with Crippen LogP contribution in [0.5, 0.6) is 0 Å². The van der Waals surface area contributed by atoms with Gasteiger partial charge in [0.15, 0.2) is 0 Å². The first-order chi connectivity index (χ1) is 10.0. The Kier molecular flexibility index (Phi) is 2.45. The SMILES string of the molecule is C[C@]12CCC3C(CC[C@H]4C[C@H]5O[C@H]5C[C@]34C)C1CCC2=O. The highest BCUT2D eigenvalue weighted by Crippen LogP contribution is 2.67. The molecule has 8 atom stereocenters. The van der Waals surface area contributed by atoms with Crippen molar-refractivity contribution < 1.29 is 9.53 Å². The van der Waals surface area contributed by atoms with Gasteiger partial charge in [0.25, 0.3) is 0 Å². The average Bonchev–Trinajstić information content (AvgIpc) is 3.12. The predicted molar refractivity (Wildman–Crippen MR) is 80.8 cm³/mol. The summed E-state index contributed by atoms with van der Waals surface area (Å²) in [6.45, 7) is 4.87. The lowest BCUT2D eigenvalue weighted by Gasteiger charge is -2.59. The van der Waals surface area contributed by atoms with Gasteiger partial charge in [-0.15, -0.1) is 0 Å². The van der Waals surface area contributed by atoms with Crippen molar-refractivity contribution in [3.8, 4) is 0 Å². The van der Waals surface area contributed by atoms with Crippen molar-refractivity contribution in [1.82, 2.24) is 0 Å². The Hall–Kier alpha value is -0.370. The van der Waals surface area contributed by atoms with Gasteiger partial charge in [-0.05, 0) is 74.0 Å². The molecule has 0 aromatic rings. The molecule has 5 rings (SSSR count). The molecule has 21 heavy (non-hydrogen) atoms. The lowest BCUT2D eigenvalue weighted by molar-refractivity contribution is -0.137. The van der Waals surface area contributed by atoms with Crippen molar-refractivity contribution >= 4 is 5.78 Å². The molecule has 1 aliphatic heterocycles. The van der Waals surface area contributed by atoms with Gasteiger partial charge in [0.1, 0.15) is 5.78 Å². The van der Waals surface area contributed by atoms with Crippen LogP contribution >= 0.6 is 0 Å². The lowest BCUT2D eigenvalue weighted by atomic mass is 9.45. The van der Waals surface area contributed by atoms with E-state index in [4.69, 9.17) is 4.74 Å². The van der Waals surface area contributed by atoms with Crippen molar-refractivity contribution in [3.63, 3.8) is 0 Å². The maximum absolute atomic E-state index is 12.4. The van der Waals surface area contributed by atoms with E-state index in [1.54, 1.807) is 0 Å². The highest BCUT2D eigenvalue weighted by molar-refractivity contribution is 5.87. The molecule has 5 aliphatic rings. The smallest absolute Gasteiger partial charge is 0.139 e. The summed E-state index contributed by atoms with van der Waals surface area (Å²) in [7, 11) is 0. The van der Waals surface area contributed by atoms with Crippen LogP contribution in [0.3, 0.4) is 0 Å². The molecule has 3 unspecified atom stereocenters. The molecule has 0 spiro atoms. The third kappa shape index (κ3) is 1.56. The Bertz CT molecular complexity index is 500. The third-order valence-corrected chi connectivity index (χ3v) is 8.62. The van der Waals surface area contributed by atoms with Gasteiger partial charge >= 0.3 is 0 Å². The topological polar surface area (TPSA) is 29.6 Å². The number of hydrogen-bond donors (Lipinski definition) is 0. The first kappa shape index (κ1) is 13.1. The molecule has 4 saturated carbocycles. The molecule has 2 nitrogen and oxygen atoms in total. The van der Waals surface area contributed by atoms with E-state index in [1.807, 2.05) is 0 Å². The van der Waals surface area contributed by atoms with Gasteiger partial charge in [0, 0.05) is 11.8 Å². The average molecular weight is 288 g/mol. The maximum Gasteiger partial charge on any atom is 0.139 e. The van der Waals surface area contributed by atoms with E-state index in [-0.39, 0.29) is 5.41 Å². The standard InChI is InChI=1S/C19H28O2/c1-18-8-7-14-12(13(18)5-6-17(18)20)4-3-11-9-15-16(21-15)10-19(11,14)2/h11-16H,3-10H2,1-2H3/t11-,12?,13?,14?,15+,16-,18-,19-/m0/s1. The molecule has 2 heteroatoms. The minimum absolute atomic E-state index is 0.0393. The number of epoxide rings is 1. The van der Waals surface area contributed by atoms with E-state index < -0.39 is 0 Å². The number of rotatable bonds is 0. The minimum atomic E-state index is 0.0393. The summed E-state index contributed by atoms with van der Waals surface area (Å²) in [4.78, 5) is 12.4. The van der Waals surface area contributed by atoms with Gasteiger partial charge in [-0.1, -0.05) is 13.8 Å². The number of carbonyl (C=O) groups excluding carboxylic acids is 1. The maximum atomic E-state index is 12.4. The van der Waals surface area contributed by atoms with E-state index >= 15 is 0 Å². The number of ketones is 1. The monoisotopic (exact) mass is 288 g/mol. The number of Topliss-reactive ketones (excluding diaryl/α,β-unsaturated/α-hetero) is 1. The van der Waals surface area contributed by atoms with Crippen molar-refractivity contribution in [1.29, 1.82) is 0 Å². The van der Waals surface area contributed by atoms with Gasteiger partial charge in [0.05, 0.1) is 12.2 Å². The third-order valence-electron chi connectivity index (χ3n) is 8.62. The molecular formula is C19H28O2. The molecule has 116 valence electrons. The van der Waals surface area contributed by atoms with Crippen molar-refractivity contribution in [3.05, 3.63) is 0 Å². The van der Waals surface area contributed by atoms with Crippen molar-refractivity contribution in [2.75, 3.05) is 0 Å². The summed E-state index contributed by atoms with van der Waals surface area (Å²) < 4.78 is 5.88. The zero-order valence-electron chi connectivity index (χ0n) is 13.4. The minimum Gasteiger partial charge on any atom is -0.370 e.